The Morgan fingerprint density at radius 2 is 2.22 bits per heavy atom. The first kappa shape index (κ1) is 18.9. The minimum Gasteiger partial charge on any atom is -0.383 e. The Morgan fingerprint density at radius 1 is 1.39 bits per heavy atom. The summed E-state index contributed by atoms with van der Waals surface area (Å²) in [7, 11) is 1.78. The molecule has 1 aromatic carbocycles. The number of rotatable bonds is 4. The third kappa shape index (κ3) is 4.54. The summed E-state index contributed by atoms with van der Waals surface area (Å²) >= 11 is 2.03. The quantitative estimate of drug-likeness (QED) is 0.377. The number of thioether (sulfide) groups is 1. The van der Waals surface area contributed by atoms with E-state index in [2.05, 4.69) is 21.7 Å². The third-order valence-electron chi connectivity index (χ3n) is 4.62. The van der Waals surface area contributed by atoms with Crippen molar-refractivity contribution in [1.82, 2.24) is 10.6 Å². The summed E-state index contributed by atoms with van der Waals surface area (Å²) < 4.78 is 0. The van der Waals surface area contributed by atoms with Crippen LogP contribution in [0.25, 0.3) is 0 Å². The molecule has 0 aromatic heterocycles. The summed E-state index contributed by atoms with van der Waals surface area (Å²) in [6.07, 6.45) is 4.32. The van der Waals surface area contributed by atoms with Crippen molar-refractivity contribution in [2.45, 2.75) is 36.5 Å². The van der Waals surface area contributed by atoms with E-state index in [0.717, 1.165) is 30.9 Å². The van der Waals surface area contributed by atoms with Crippen LogP contribution in [0.3, 0.4) is 0 Å². The molecule has 2 atom stereocenters. The molecule has 2 unspecified atom stereocenters. The molecule has 1 saturated heterocycles. The van der Waals surface area contributed by atoms with Crippen LogP contribution in [0.1, 0.15) is 30.4 Å². The van der Waals surface area contributed by atoms with Gasteiger partial charge < -0.3 is 15.7 Å². The Labute approximate surface area is 159 Å². The Balaban J connectivity index is 0.00000192. The van der Waals surface area contributed by atoms with Gasteiger partial charge in [0.2, 0.25) is 0 Å². The molecule has 128 valence electrons. The molecule has 0 amide bonds. The lowest BCUT2D eigenvalue weighted by atomic mass is 9.96. The molecule has 6 heteroatoms. The summed E-state index contributed by atoms with van der Waals surface area (Å²) in [6, 6.07) is 8.18. The minimum atomic E-state index is -0.781. The Bertz CT molecular complexity index is 548. The number of fused-ring (bicyclic) bond motifs is 1. The van der Waals surface area contributed by atoms with Gasteiger partial charge in [0.25, 0.3) is 0 Å². The number of aryl methyl sites for hydroxylation is 1. The maximum absolute atomic E-state index is 10.9. The third-order valence-corrected chi connectivity index (χ3v) is 6.02. The number of nitrogens with zero attached hydrogens (tertiary/aromatic N) is 1. The van der Waals surface area contributed by atoms with E-state index in [9.17, 15) is 5.11 Å². The lowest BCUT2D eigenvalue weighted by molar-refractivity contribution is 0.0432. The van der Waals surface area contributed by atoms with E-state index >= 15 is 0 Å². The van der Waals surface area contributed by atoms with Gasteiger partial charge in [0.05, 0.1) is 6.54 Å². The molecular formula is C17H26IN3OS. The molecule has 0 spiro atoms. The highest BCUT2D eigenvalue weighted by Crippen LogP contribution is 2.36. The van der Waals surface area contributed by atoms with Gasteiger partial charge in [-0.25, -0.2) is 0 Å². The van der Waals surface area contributed by atoms with Crippen molar-refractivity contribution in [3.8, 4) is 0 Å². The van der Waals surface area contributed by atoms with Crippen LogP contribution < -0.4 is 10.6 Å². The zero-order valence-electron chi connectivity index (χ0n) is 13.5. The largest absolute Gasteiger partial charge is 0.383 e. The Kier molecular flexibility index (Phi) is 7.03. The summed E-state index contributed by atoms with van der Waals surface area (Å²) in [5.74, 6) is 2.06. The molecule has 4 nitrogen and oxygen atoms in total. The van der Waals surface area contributed by atoms with Crippen molar-refractivity contribution in [2.75, 3.05) is 25.9 Å². The number of hydrogen-bond donors (Lipinski definition) is 3. The van der Waals surface area contributed by atoms with Gasteiger partial charge in [-0.1, -0.05) is 24.3 Å². The number of aliphatic imine (C=N–C) groups is 1. The van der Waals surface area contributed by atoms with Crippen LogP contribution in [0.4, 0.5) is 0 Å². The van der Waals surface area contributed by atoms with Crippen LogP contribution >= 0.6 is 35.7 Å². The van der Waals surface area contributed by atoms with Gasteiger partial charge in [0, 0.05) is 18.8 Å². The monoisotopic (exact) mass is 447 g/mol. The van der Waals surface area contributed by atoms with Crippen molar-refractivity contribution in [1.29, 1.82) is 0 Å². The second kappa shape index (κ2) is 8.58. The Hall–Kier alpha value is -0.470. The van der Waals surface area contributed by atoms with Gasteiger partial charge in [0.15, 0.2) is 5.96 Å². The van der Waals surface area contributed by atoms with Crippen molar-refractivity contribution in [3.63, 3.8) is 0 Å². The van der Waals surface area contributed by atoms with Crippen molar-refractivity contribution < 1.29 is 5.11 Å². The molecule has 3 N–H and O–H groups in total. The van der Waals surface area contributed by atoms with Gasteiger partial charge >= 0.3 is 0 Å². The zero-order valence-corrected chi connectivity index (χ0v) is 16.7. The highest BCUT2D eigenvalue weighted by molar-refractivity contribution is 14.0. The average Bonchev–Trinajstić information content (AvgIpc) is 3.17. The molecule has 1 heterocycles. The van der Waals surface area contributed by atoms with E-state index < -0.39 is 5.60 Å². The lowest BCUT2D eigenvalue weighted by Gasteiger charge is -2.26. The van der Waals surface area contributed by atoms with Gasteiger partial charge in [-0.3, -0.25) is 4.99 Å². The number of halogens is 1. The fourth-order valence-corrected chi connectivity index (χ4v) is 4.52. The Morgan fingerprint density at radius 3 is 2.96 bits per heavy atom. The molecule has 1 aromatic rings. The maximum atomic E-state index is 10.9. The number of guanidine groups is 1. The standard InChI is InChI=1S/C17H25N3OS.HI/c1-18-16(19-11-14-6-4-10-22-14)20-12-17(21)9-8-13-5-2-3-7-15(13)17;/h2-3,5,7,14,21H,4,6,8-12H2,1H3,(H2,18,19,20);1H. The van der Waals surface area contributed by atoms with Gasteiger partial charge in [-0.15, -0.1) is 24.0 Å². The molecule has 2 aliphatic rings. The van der Waals surface area contributed by atoms with E-state index in [4.69, 9.17) is 0 Å². The van der Waals surface area contributed by atoms with Crippen LogP contribution in [-0.4, -0.2) is 42.2 Å². The first-order chi connectivity index (χ1) is 10.7. The number of hydrogen-bond acceptors (Lipinski definition) is 3. The zero-order chi connectivity index (χ0) is 15.4. The summed E-state index contributed by atoms with van der Waals surface area (Å²) in [6.45, 7) is 1.45. The molecule has 3 rings (SSSR count). The minimum absolute atomic E-state index is 0. The molecule has 23 heavy (non-hydrogen) atoms. The number of aliphatic hydroxyl groups is 1. The highest BCUT2D eigenvalue weighted by atomic mass is 127. The maximum Gasteiger partial charge on any atom is 0.191 e. The fourth-order valence-electron chi connectivity index (χ4n) is 3.32. The molecule has 1 fully saturated rings. The van der Waals surface area contributed by atoms with Crippen LogP contribution in [0.2, 0.25) is 0 Å². The molecule has 0 bridgehead atoms. The second-order valence-electron chi connectivity index (χ2n) is 6.13. The predicted molar refractivity (Wildman–Crippen MR) is 109 cm³/mol. The van der Waals surface area contributed by atoms with Gasteiger partial charge in [0.1, 0.15) is 5.60 Å². The molecular weight excluding hydrogens is 421 g/mol. The highest BCUT2D eigenvalue weighted by Gasteiger charge is 2.36. The molecule has 1 aliphatic carbocycles. The van der Waals surface area contributed by atoms with Crippen LogP contribution in [0, 0.1) is 0 Å². The van der Waals surface area contributed by atoms with E-state index in [1.807, 2.05) is 30.0 Å². The lowest BCUT2D eigenvalue weighted by Crippen LogP contribution is -2.46. The van der Waals surface area contributed by atoms with E-state index in [0.29, 0.717) is 11.8 Å². The van der Waals surface area contributed by atoms with E-state index in [-0.39, 0.29) is 24.0 Å². The van der Waals surface area contributed by atoms with E-state index in [1.165, 1.54) is 24.2 Å². The fraction of sp³-hybridized carbons (Fsp3) is 0.588. The van der Waals surface area contributed by atoms with Gasteiger partial charge in [-0.2, -0.15) is 11.8 Å². The van der Waals surface area contributed by atoms with Crippen LogP contribution in [-0.2, 0) is 12.0 Å². The predicted octanol–water partition coefficient (Wildman–Crippen LogP) is 2.50. The van der Waals surface area contributed by atoms with Crippen LogP contribution in [0.5, 0.6) is 0 Å². The SMILES string of the molecule is CN=C(NCC1CCCS1)NCC1(O)CCc2ccccc21.I. The molecule has 0 saturated carbocycles. The normalized spacial score (nSPS) is 26.5. The van der Waals surface area contributed by atoms with Crippen molar-refractivity contribution in [2.24, 2.45) is 4.99 Å². The summed E-state index contributed by atoms with van der Waals surface area (Å²) in [5.41, 5.74) is 1.54. The molecule has 0 radical (unpaired) electrons. The first-order valence-corrected chi connectivity index (χ1v) is 9.13. The molecule has 1 aliphatic heterocycles. The van der Waals surface area contributed by atoms with Crippen molar-refractivity contribution in [3.05, 3.63) is 35.4 Å². The smallest absolute Gasteiger partial charge is 0.191 e. The van der Waals surface area contributed by atoms with Crippen LogP contribution in [0.15, 0.2) is 29.3 Å². The van der Waals surface area contributed by atoms with Gasteiger partial charge in [-0.05, 0) is 42.6 Å². The average molecular weight is 447 g/mol. The van der Waals surface area contributed by atoms with Crippen molar-refractivity contribution >= 4 is 41.7 Å². The summed E-state index contributed by atoms with van der Waals surface area (Å²) in [4.78, 5) is 4.27. The first-order valence-electron chi connectivity index (χ1n) is 8.08. The summed E-state index contributed by atoms with van der Waals surface area (Å²) in [5, 5.41) is 18.3. The number of nitrogens with one attached hydrogen (secondary N) is 2. The topological polar surface area (TPSA) is 56.7 Å². The number of benzene rings is 1. The second-order valence-corrected chi connectivity index (χ2v) is 7.54. The van der Waals surface area contributed by atoms with E-state index in [1.54, 1.807) is 7.05 Å².